The Morgan fingerprint density at radius 1 is 1.36 bits per heavy atom. The Morgan fingerprint density at radius 2 is 2.14 bits per heavy atom. The highest BCUT2D eigenvalue weighted by Gasteiger charge is 2.14. The summed E-state index contributed by atoms with van der Waals surface area (Å²) in [6.45, 7) is 3.04. The molecule has 1 aromatic carbocycles. The number of H-pyrrole nitrogens is 1. The van der Waals surface area contributed by atoms with E-state index in [4.69, 9.17) is 0 Å². The summed E-state index contributed by atoms with van der Waals surface area (Å²) in [5, 5.41) is 2.40. The normalized spacial score (nSPS) is 10.2. The number of rotatable bonds is 8. The molecule has 1 heterocycles. The number of carbonyl (C=O) groups excluding carboxylic acids is 2. The molecule has 0 atom stereocenters. The van der Waals surface area contributed by atoms with Crippen LogP contribution < -0.4 is 5.32 Å². The fourth-order valence-corrected chi connectivity index (χ4v) is 2.19. The van der Waals surface area contributed by atoms with E-state index in [1.807, 2.05) is 37.3 Å². The predicted octanol–water partition coefficient (Wildman–Crippen LogP) is 1.56. The van der Waals surface area contributed by atoms with E-state index in [0.717, 1.165) is 23.5 Å². The summed E-state index contributed by atoms with van der Waals surface area (Å²) in [5.41, 5.74) is 1.97. The molecule has 0 aliphatic heterocycles. The molecule has 0 bridgehead atoms. The van der Waals surface area contributed by atoms with Crippen LogP contribution in [0, 0.1) is 0 Å². The van der Waals surface area contributed by atoms with E-state index in [1.54, 1.807) is 11.1 Å². The first-order valence-electron chi connectivity index (χ1n) is 7.28. The lowest BCUT2D eigenvalue weighted by Gasteiger charge is -2.20. The van der Waals surface area contributed by atoms with Gasteiger partial charge in [-0.2, -0.15) is 0 Å². The van der Waals surface area contributed by atoms with Crippen LogP contribution in [0.1, 0.15) is 19.2 Å². The van der Waals surface area contributed by atoms with Gasteiger partial charge in [0, 0.05) is 6.54 Å². The number of aromatic nitrogens is 2. The van der Waals surface area contributed by atoms with Crippen LogP contribution in [-0.4, -0.2) is 40.3 Å². The maximum absolute atomic E-state index is 12.0. The summed E-state index contributed by atoms with van der Waals surface area (Å²) in [5.74, 6) is 0.610. The Morgan fingerprint density at radius 3 is 2.82 bits per heavy atom. The molecule has 0 aliphatic rings. The fraction of sp³-hybridized carbons (Fsp3) is 0.312. The van der Waals surface area contributed by atoms with Gasteiger partial charge in [0.15, 0.2) is 0 Å². The molecule has 0 saturated carbocycles. The van der Waals surface area contributed by atoms with E-state index in [1.165, 1.54) is 0 Å². The van der Waals surface area contributed by atoms with E-state index >= 15 is 0 Å². The number of aromatic amines is 1. The van der Waals surface area contributed by atoms with Gasteiger partial charge in [-0.15, -0.1) is 0 Å². The smallest absolute Gasteiger partial charge is 0.242 e. The number of nitrogens with zero attached hydrogens (tertiary/aromatic N) is 2. The van der Waals surface area contributed by atoms with Crippen LogP contribution in [0.25, 0.3) is 11.3 Å². The second-order valence-electron chi connectivity index (χ2n) is 4.92. The van der Waals surface area contributed by atoms with Gasteiger partial charge < -0.3 is 15.2 Å². The molecule has 0 radical (unpaired) electrons. The first-order chi connectivity index (χ1) is 10.7. The number of amides is 2. The molecule has 0 unspecified atom stereocenters. The SMILES string of the molecule is CCCN(Cc1ncc(-c2ccccc2)[nH]1)C(=O)CNC=O. The molecule has 116 valence electrons. The van der Waals surface area contributed by atoms with Crippen molar-refractivity contribution in [3.8, 4) is 11.3 Å². The molecule has 6 heteroatoms. The molecule has 0 fully saturated rings. The second-order valence-corrected chi connectivity index (χ2v) is 4.92. The molecule has 2 rings (SSSR count). The maximum Gasteiger partial charge on any atom is 0.242 e. The van der Waals surface area contributed by atoms with E-state index in [2.05, 4.69) is 15.3 Å². The van der Waals surface area contributed by atoms with Gasteiger partial charge in [-0.1, -0.05) is 37.3 Å². The average Bonchev–Trinajstić information content (AvgIpc) is 3.01. The number of carbonyl (C=O) groups is 2. The minimum Gasteiger partial charge on any atom is -0.350 e. The lowest BCUT2D eigenvalue weighted by molar-refractivity contribution is -0.132. The molecule has 1 aromatic heterocycles. The standard InChI is InChI=1S/C16H20N4O2/c1-2-8-20(16(22)10-17-12-21)11-15-18-9-14(19-15)13-6-4-3-5-7-13/h3-7,9,12H,2,8,10-11H2,1H3,(H,17,21)(H,18,19). The maximum atomic E-state index is 12.0. The summed E-state index contributed by atoms with van der Waals surface area (Å²) in [6.07, 6.45) is 3.14. The highest BCUT2D eigenvalue weighted by molar-refractivity contribution is 5.79. The zero-order valence-corrected chi connectivity index (χ0v) is 12.6. The lowest BCUT2D eigenvalue weighted by Crippen LogP contribution is -2.38. The van der Waals surface area contributed by atoms with E-state index < -0.39 is 0 Å². The molecule has 0 aliphatic carbocycles. The minimum absolute atomic E-state index is 0.00967. The van der Waals surface area contributed by atoms with Crippen molar-refractivity contribution in [2.75, 3.05) is 13.1 Å². The van der Waals surface area contributed by atoms with Crippen LogP contribution in [0.15, 0.2) is 36.5 Å². The summed E-state index contributed by atoms with van der Waals surface area (Å²) < 4.78 is 0. The summed E-state index contributed by atoms with van der Waals surface area (Å²) in [4.78, 5) is 31.6. The van der Waals surface area contributed by atoms with Crippen LogP contribution in [0.4, 0.5) is 0 Å². The highest BCUT2D eigenvalue weighted by Crippen LogP contribution is 2.16. The van der Waals surface area contributed by atoms with Gasteiger partial charge in [0.1, 0.15) is 5.82 Å². The van der Waals surface area contributed by atoms with Crippen LogP contribution in [-0.2, 0) is 16.1 Å². The van der Waals surface area contributed by atoms with Crippen LogP contribution in [0.2, 0.25) is 0 Å². The zero-order chi connectivity index (χ0) is 15.8. The van der Waals surface area contributed by atoms with Gasteiger partial charge in [0.05, 0.1) is 25.0 Å². The zero-order valence-electron chi connectivity index (χ0n) is 12.6. The molecule has 22 heavy (non-hydrogen) atoms. The van der Waals surface area contributed by atoms with Gasteiger partial charge in [0.25, 0.3) is 0 Å². The molecule has 2 amide bonds. The Balaban J connectivity index is 2.05. The van der Waals surface area contributed by atoms with E-state index in [0.29, 0.717) is 19.5 Å². The summed E-state index contributed by atoms with van der Waals surface area (Å²) in [6, 6.07) is 9.89. The van der Waals surface area contributed by atoms with Crippen molar-refractivity contribution in [1.82, 2.24) is 20.2 Å². The quantitative estimate of drug-likeness (QED) is 0.726. The minimum atomic E-state index is -0.119. The fourth-order valence-electron chi connectivity index (χ4n) is 2.19. The Labute approximate surface area is 129 Å². The molecular weight excluding hydrogens is 280 g/mol. The predicted molar refractivity (Wildman–Crippen MR) is 83.8 cm³/mol. The van der Waals surface area contributed by atoms with Crippen molar-refractivity contribution < 1.29 is 9.59 Å². The van der Waals surface area contributed by atoms with Gasteiger partial charge in [0.2, 0.25) is 12.3 Å². The molecule has 2 aromatic rings. The van der Waals surface area contributed by atoms with E-state index in [-0.39, 0.29) is 12.5 Å². The first kappa shape index (κ1) is 15.8. The lowest BCUT2D eigenvalue weighted by atomic mass is 10.2. The topological polar surface area (TPSA) is 78.1 Å². The van der Waals surface area contributed by atoms with Gasteiger partial charge in [-0.3, -0.25) is 9.59 Å². The number of benzene rings is 1. The summed E-state index contributed by atoms with van der Waals surface area (Å²) >= 11 is 0. The molecular formula is C16H20N4O2. The number of nitrogens with one attached hydrogen (secondary N) is 2. The second kappa shape index (κ2) is 7.97. The van der Waals surface area contributed by atoms with Gasteiger partial charge in [-0.05, 0) is 12.0 Å². The van der Waals surface area contributed by atoms with Crippen LogP contribution >= 0.6 is 0 Å². The number of imidazole rings is 1. The third-order valence-corrected chi connectivity index (χ3v) is 3.24. The molecule has 2 N–H and O–H groups in total. The Hall–Kier alpha value is -2.63. The number of hydrogen-bond acceptors (Lipinski definition) is 3. The summed E-state index contributed by atoms with van der Waals surface area (Å²) in [7, 11) is 0. The van der Waals surface area contributed by atoms with Crippen molar-refractivity contribution in [2.45, 2.75) is 19.9 Å². The third kappa shape index (κ3) is 4.18. The Kier molecular flexibility index (Phi) is 5.71. The van der Waals surface area contributed by atoms with Crippen molar-refractivity contribution >= 4 is 12.3 Å². The van der Waals surface area contributed by atoms with Crippen molar-refractivity contribution in [3.05, 3.63) is 42.4 Å². The molecule has 0 saturated heterocycles. The highest BCUT2D eigenvalue weighted by atomic mass is 16.2. The molecule has 6 nitrogen and oxygen atoms in total. The first-order valence-corrected chi connectivity index (χ1v) is 7.28. The largest absolute Gasteiger partial charge is 0.350 e. The van der Waals surface area contributed by atoms with Gasteiger partial charge in [-0.25, -0.2) is 4.98 Å². The van der Waals surface area contributed by atoms with Crippen molar-refractivity contribution in [1.29, 1.82) is 0 Å². The molecule has 0 spiro atoms. The van der Waals surface area contributed by atoms with Crippen molar-refractivity contribution in [2.24, 2.45) is 0 Å². The third-order valence-electron chi connectivity index (χ3n) is 3.24. The van der Waals surface area contributed by atoms with Crippen LogP contribution in [0.3, 0.4) is 0 Å². The number of hydrogen-bond donors (Lipinski definition) is 2. The monoisotopic (exact) mass is 300 g/mol. The average molecular weight is 300 g/mol. The Bertz CT molecular complexity index is 610. The van der Waals surface area contributed by atoms with E-state index in [9.17, 15) is 9.59 Å². The van der Waals surface area contributed by atoms with Gasteiger partial charge >= 0.3 is 0 Å². The van der Waals surface area contributed by atoms with Crippen LogP contribution in [0.5, 0.6) is 0 Å². The van der Waals surface area contributed by atoms with Crippen molar-refractivity contribution in [3.63, 3.8) is 0 Å².